The van der Waals surface area contributed by atoms with Crippen molar-refractivity contribution in [1.82, 2.24) is 10.2 Å². The third kappa shape index (κ3) is 0.972. The second-order valence-electron chi connectivity index (χ2n) is 3.21. The molecule has 0 aliphatic carbocycles. The molecule has 2 unspecified atom stereocenters. The lowest BCUT2D eigenvalue weighted by Crippen LogP contribution is -2.49. The topological polar surface area (TPSA) is 69.6 Å². The Morgan fingerprint density at radius 3 is 3.00 bits per heavy atom. The van der Waals surface area contributed by atoms with Gasteiger partial charge in [-0.2, -0.15) is 0 Å². The first-order valence-electron chi connectivity index (χ1n) is 3.94. The zero-order valence-corrected chi connectivity index (χ0v) is 6.49. The molecule has 0 saturated carbocycles. The summed E-state index contributed by atoms with van der Waals surface area (Å²) in [5.41, 5.74) is 0. The van der Waals surface area contributed by atoms with Gasteiger partial charge in [0.1, 0.15) is 6.54 Å². The molecule has 2 N–H and O–H groups in total. The average molecular weight is 170 g/mol. The number of carbonyl (C=O) groups is 2. The van der Waals surface area contributed by atoms with Crippen LogP contribution < -0.4 is 5.32 Å². The van der Waals surface area contributed by atoms with Crippen molar-refractivity contribution in [2.75, 3.05) is 13.1 Å². The molecule has 0 radical (unpaired) electrons. The smallest absolute Gasteiger partial charge is 0.323 e. The first-order chi connectivity index (χ1) is 5.68. The quantitative estimate of drug-likeness (QED) is 0.537. The number of rotatable bonds is 2. The number of carboxylic acid groups (broad SMARTS) is 1. The van der Waals surface area contributed by atoms with Gasteiger partial charge in [0, 0.05) is 12.6 Å². The van der Waals surface area contributed by atoms with E-state index in [1.165, 1.54) is 4.90 Å². The normalized spacial score (nSPS) is 33.0. The summed E-state index contributed by atoms with van der Waals surface area (Å²) in [6, 6.07) is -0.00653. The van der Waals surface area contributed by atoms with Gasteiger partial charge in [0.25, 0.3) is 0 Å². The lowest BCUT2D eigenvalue weighted by atomic mass is 10.2. The molecule has 2 aliphatic heterocycles. The average Bonchev–Trinajstić information content (AvgIpc) is 2.53. The Morgan fingerprint density at radius 1 is 1.75 bits per heavy atom. The molecule has 5 heteroatoms. The van der Waals surface area contributed by atoms with Crippen molar-refractivity contribution in [1.29, 1.82) is 0 Å². The number of amides is 1. The lowest BCUT2D eigenvalue weighted by Gasteiger charge is -2.25. The van der Waals surface area contributed by atoms with Crippen molar-refractivity contribution in [2.45, 2.75) is 18.5 Å². The van der Waals surface area contributed by atoms with Crippen LogP contribution in [0.3, 0.4) is 0 Å². The van der Waals surface area contributed by atoms with Crippen LogP contribution in [0.4, 0.5) is 0 Å². The Hall–Kier alpha value is -1.10. The first kappa shape index (κ1) is 7.54. The van der Waals surface area contributed by atoms with Gasteiger partial charge in [0.05, 0.1) is 6.04 Å². The number of likely N-dealkylation sites (tertiary alicyclic amines) is 1. The van der Waals surface area contributed by atoms with Crippen LogP contribution in [0.25, 0.3) is 0 Å². The fourth-order valence-electron chi connectivity index (χ4n) is 1.88. The highest BCUT2D eigenvalue weighted by Crippen LogP contribution is 2.23. The molecule has 1 amide bonds. The Labute approximate surface area is 69.3 Å². The fourth-order valence-corrected chi connectivity index (χ4v) is 1.88. The highest BCUT2D eigenvalue weighted by molar-refractivity contribution is 5.88. The molecule has 2 saturated heterocycles. The van der Waals surface area contributed by atoms with Crippen molar-refractivity contribution in [2.24, 2.45) is 0 Å². The van der Waals surface area contributed by atoms with E-state index < -0.39 is 5.97 Å². The van der Waals surface area contributed by atoms with Crippen LogP contribution in [0.1, 0.15) is 6.42 Å². The SMILES string of the molecule is O=C(O)CN1C(=O)C2CC1CN2. The highest BCUT2D eigenvalue weighted by Gasteiger charge is 2.44. The number of fused-ring (bicyclic) bond motifs is 2. The van der Waals surface area contributed by atoms with Crippen LogP contribution in [-0.4, -0.2) is 47.1 Å². The number of piperazine rings is 1. The molecule has 2 bridgehead atoms. The van der Waals surface area contributed by atoms with Gasteiger partial charge in [-0.15, -0.1) is 0 Å². The molecular formula is C7H10N2O3. The van der Waals surface area contributed by atoms with Crippen LogP contribution in [0.15, 0.2) is 0 Å². The van der Waals surface area contributed by atoms with Crippen molar-refractivity contribution < 1.29 is 14.7 Å². The van der Waals surface area contributed by atoms with E-state index >= 15 is 0 Å². The van der Waals surface area contributed by atoms with Gasteiger partial charge < -0.3 is 15.3 Å². The van der Waals surface area contributed by atoms with Crippen LogP contribution in [-0.2, 0) is 9.59 Å². The van der Waals surface area contributed by atoms with E-state index in [4.69, 9.17) is 5.11 Å². The van der Waals surface area contributed by atoms with E-state index in [-0.39, 0.29) is 24.5 Å². The molecule has 12 heavy (non-hydrogen) atoms. The van der Waals surface area contributed by atoms with E-state index in [1.807, 2.05) is 0 Å². The maximum atomic E-state index is 11.3. The number of carboxylic acids is 1. The minimum Gasteiger partial charge on any atom is -0.480 e. The molecule has 2 aliphatic rings. The Balaban J connectivity index is 2.07. The van der Waals surface area contributed by atoms with Gasteiger partial charge in [-0.05, 0) is 6.42 Å². The number of aliphatic carboxylic acids is 1. The summed E-state index contributed by atoms with van der Waals surface area (Å²) in [5.74, 6) is -0.996. The van der Waals surface area contributed by atoms with Gasteiger partial charge >= 0.3 is 5.97 Å². The largest absolute Gasteiger partial charge is 0.480 e. The molecular weight excluding hydrogens is 160 g/mol. The molecule has 2 heterocycles. The fraction of sp³-hybridized carbons (Fsp3) is 0.714. The zero-order valence-electron chi connectivity index (χ0n) is 6.49. The van der Waals surface area contributed by atoms with E-state index in [0.717, 1.165) is 13.0 Å². The molecule has 66 valence electrons. The number of nitrogens with zero attached hydrogens (tertiary/aromatic N) is 1. The second kappa shape index (κ2) is 2.45. The predicted molar refractivity (Wildman–Crippen MR) is 39.5 cm³/mol. The standard InChI is InChI=1S/C7H10N2O3/c10-6(11)3-9-4-1-5(7(9)12)8-2-4/h4-5,8H,1-3H2,(H,10,11). The predicted octanol–water partition coefficient (Wildman–Crippen LogP) is -1.36. The summed E-state index contributed by atoms with van der Waals surface area (Å²) in [6.45, 7) is 0.589. The molecule has 0 spiro atoms. The molecule has 2 atom stereocenters. The Kier molecular flexibility index (Phi) is 1.54. The van der Waals surface area contributed by atoms with Crippen molar-refractivity contribution in [3.05, 3.63) is 0 Å². The van der Waals surface area contributed by atoms with Crippen molar-refractivity contribution >= 4 is 11.9 Å². The van der Waals surface area contributed by atoms with Gasteiger partial charge in [0.2, 0.25) is 5.91 Å². The minimum absolute atomic E-state index is 0.0614. The highest BCUT2D eigenvalue weighted by atomic mass is 16.4. The summed E-state index contributed by atoms with van der Waals surface area (Å²) in [6.07, 6.45) is 0.770. The van der Waals surface area contributed by atoms with E-state index in [9.17, 15) is 9.59 Å². The molecule has 0 aromatic carbocycles. The van der Waals surface area contributed by atoms with Crippen LogP contribution >= 0.6 is 0 Å². The van der Waals surface area contributed by atoms with E-state index in [2.05, 4.69) is 5.32 Å². The Morgan fingerprint density at radius 2 is 2.50 bits per heavy atom. The van der Waals surface area contributed by atoms with Gasteiger partial charge in [-0.3, -0.25) is 9.59 Å². The van der Waals surface area contributed by atoms with Crippen molar-refractivity contribution in [3.63, 3.8) is 0 Å². The van der Waals surface area contributed by atoms with Gasteiger partial charge in [-0.1, -0.05) is 0 Å². The lowest BCUT2D eigenvalue weighted by molar-refractivity contribution is -0.145. The Bertz CT molecular complexity index is 241. The number of nitrogens with one attached hydrogen (secondary N) is 1. The molecule has 0 aromatic rings. The summed E-state index contributed by atoms with van der Waals surface area (Å²) < 4.78 is 0. The van der Waals surface area contributed by atoms with Crippen LogP contribution in [0.2, 0.25) is 0 Å². The second-order valence-corrected chi connectivity index (χ2v) is 3.21. The molecule has 2 fully saturated rings. The molecule has 2 rings (SSSR count). The maximum Gasteiger partial charge on any atom is 0.323 e. The molecule has 5 nitrogen and oxygen atoms in total. The number of carbonyl (C=O) groups excluding carboxylic acids is 1. The van der Waals surface area contributed by atoms with Gasteiger partial charge in [-0.25, -0.2) is 0 Å². The maximum absolute atomic E-state index is 11.3. The summed E-state index contributed by atoms with van der Waals surface area (Å²) in [4.78, 5) is 23.1. The summed E-state index contributed by atoms with van der Waals surface area (Å²) in [5, 5.41) is 11.5. The van der Waals surface area contributed by atoms with E-state index in [1.54, 1.807) is 0 Å². The summed E-state index contributed by atoms with van der Waals surface area (Å²) in [7, 11) is 0. The number of hydrogen-bond donors (Lipinski definition) is 2. The van der Waals surface area contributed by atoms with Crippen LogP contribution in [0.5, 0.6) is 0 Å². The molecule has 0 aromatic heterocycles. The summed E-state index contributed by atoms with van der Waals surface area (Å²) >= 11 is 0. The third-order valence-corrected chi connectivity index (χ3v) is 2.44. The van der Waals surface area contributed by atoms with Crippen molar-refractivity contribution in [3.8, 4) is 0 Å². The first-order valence-corrected chi connectivity index (χ1v) is 3.94. The third-order valence-electron chi connectivity index (χ3n) is 2.44. The van der Waals surface area contributed by atoms with E-state index in [0.29, 0.717) is 0 Å². The number of hydrogen-bond acceptors (Lipinski definition) is 3. The van der Waals surface area contributed by atoms with Gasteiger partial charge in [0.15, 0.2) is 0 Å². The monoisotopic (exact) mass is 170 g/mol. The zero-order chi connectivity index (χ0) is 8.72. The minimum atomic E-state index is -0.934. The van der Waals surface area contributed by atoms with Crippen LogP contribution in [0, 0.1) is 0 Å².